The van der Waals surface area contributed by atoms with Gasteiger partial charge in [-0.1, -0.05) is 18.5 Å². The van der Waals surface area contributed by atoms with E-state index >= 15 is 0 Å². The van der Waals surface area contributed by atoms with Crippen molar-refractivity contribution in [1.29, 1.82) is 0 Å². The number of hydrogen-bond acceptors (Lipinski definition) is 5. The van der Waals surface area contributed by atoms with E-state index in [0.29, 0.717) is 47.0 Å². The molecular formula is C18H23ClN4O3. The van der Waals surface area contributed by atoms with Crippen LogP contribution >= 0.6 is 11.6 Å². The summed E-state index contributed by atoms with van der Waals surface area (Å²) in [4.78, 5) is 14.5. The van der Waals surface area contributed by atoms with E-state index in [-0.39, 0.29) is 12.5 Å². The largest absolute Gasteiger partial charge is 0.497 e. The predicted molar refractivity (Wildman–Crippen MR) is 98.9 cm³/mol. The Kier molecular flexibility index (Phi) is 6.00. The fourth-order valence-corrected chi connectivity index (χ4v) is 3.10. The quantitative estimate of drug-likeness (QED) is 0.807. The fourth-order valence-electron chi connectivity index (χ4n) is 2.87. The number of carbonyl (C=O) groups excluding carboxylic acids is 1. The van der Waals surface area contributed by atoms with Crippen molar-refractivity contribution in [1.82, 2.24) is 20.4 Å². The molecule has 0 aliphatic carbocycles. The highest BCUT2D eigenvalue weighted by atomic mass is 35.5. The van der Waals surface area contributed by atoms with E-state index in [0.717, 1.165) is 13.0 Å². The molecule has 1 amide bonds. The number of benzene rings is 1. The summed E-state index contributed by atoms with van der Waals surface area (Å²) in [5, 5.41) is 10.9. The number of H-pyrrole nitrogens is 1. The van der Waals surface area contributed by atoms with E-state index in [4.69, 9.17) is 21.1 Å². The molecule has 2 aromatic rings. The van der Waals surface area contributed by atoms with E-state index < -0.39 is 0 Å². The molecule has 1 aromatic carbocycles. The zero-order chi connectivity index (χ0) is 18.5. The normalized spacial score (nSPS) is 17.2. The summed E-state index contributed by atoms with van der Waals surface area (Å²) >= 11 is 6.16. The third kappa shape index (κ3) is 4.28. The molecule has 1 aliphatic heterocycles. The maximum atomic E-state index is 12.6. The molecule has 1 saturated heterocycles. The number of halogens is 1. The summed E-state index contributed by atoms with van der Waals surface area (Å²) in [7, 11) is 1.58. The Bertz CT molecular complexity index is 765. The van der Waals surface area contributed by atoms with E-state index in [1.54, 1.807) is 31.4 Å². The second kappa shape index (κ2) is 8.42. The molecule has 26 heavy (non-hydrogen) atoms. The lowest BCUT2D eigenvalue weighted by molar-refractivity contribution is 0.0695. The molecule has 1 unspecified atom stereocenters. The molecule has 1 aliphatic rings. The third-order valence-corrected chi connectivity index (χ3v) is 4.70. The van der Waals surface area contributed by atoms with Crippen molar-refractivity contribution in [2.24, 2.45) is 0 Å². The standard InChI is InChI=1S/C18H23ClN4O3/c1-3-12-10-23(7-6-20-12)18(24)16-8-13(21-22-16)11-26-17-5-4-14(25-2)9-15(17)19/h4-5,8-9,12,20H,3,6-7,10-11H2,1-2H3,(H,21,22). The zero-order valence-corrected chi connectivity index (χ0v) is 15.7. The Morgan fingerprint density at radius 1 is 1.42 bits per heavy atom. The lowest BCUT2D eigenvalue weighted by atomic mass is 10.1. The second-order valence-corrected chi connectivity index (χ2v) is 6.58. The Labute approximate surface area is 157 Å². The zero-order valence-electron chi connectivity index (χ0n) is 14.9. The number of hydrogen-bond donors (Lipinski definition) is 2. The van der Waals surface area contributed by atoms with Crippen LogP contribution in [-0.4, -0.2) is 53.8 Å². The molecule has 2 heterocycles. The Morgan fingerprint density at radius 2 is 2.27 bits per heavy atom. The van der Waals surface area contributed by atoms with Crippen molar-refractivity contribution >= 4 is 17.5 Å². The van der Waals surface area contributed by atoms with Gasteiger partial charge in [-0.3, -0.25) is 9.89 Å². The first-order valence-corrected chi connectivity index (χ1v) is 9.01. The number of rotatable bonds is 6. The van der Waals surface area contributed by atoms with Crippen molar-refractivity contribution in [2.75, 3.05) is 26.7 Å². The van der Waals surface area contributed by atoms with Gasteiger partial charge in [-0.05, 0) is 24.6 Å². The molecule has 1 aromatic heterocycles. The van der Waals surface area contributed by atoms with Gasteiger partial charge in [0.1, 0.15) is 18.1 Å². The number of carbonyl (C=O) groups is 1. The van der Waals surface area contributed by atoms with Crippen molar-refractivity contribution < 1.29 is 14.3 Å². The molecule has 0 bridgehead atoms. The SMILES string of the molecule is CCC1CN(C(=O)c2cc(COc3ccc(OC)cc3Cl)[nH]n2)CCN1. The number of ether oxygens (including phenoxy) is 2. The average molecular weight is 379 g/mol. The number of aromatic amines is 1. The van der Waals surface area contributed by atoms with Crippen molar-refractivity contribution in [2.45, 2.75) is 26.0 Å². The molecule has 3 rings (SSSR count). The lowest BCUT2D eigenvalue weighted by Gasteiger charge is -2.32. The summed E-state index contributed by atoms with van der Waals surface area (Å²) in [5.74, 6) is 1.15. The molecular weight excluding hydrogens is 356 g/mol. The fraction of sp³-hybridized carbons (Fsp3) is 0.444. The number of piperazine rings is 1. The van der Waals surface area contributed by atoms with E-state index in [2.05, 4.69) is 22.4 Å². The smallest absolute Gasteiger partial charge is 0.274 e. The minimum Gasteiger partial charge on any atom is -0.497 e. The summed E-state index contributed by atoms with van der Waals surface area (Å²) in [6, 6.07) is 7.27. The summed E-state index contributed by atoms with van der Waals surface area (Å²) in [5.41, 5.74) is 1.11. The Balaban J connectivity index is 1.60. The van der Waals surface area contributed by atoms with Crippen LogP contribution < -0.4 is 14.8 Å². The summed E-state index contributed by atoms with van der Waals surface area (Å²) in [6.07, 6.45) is 0.992. The van der Waals surface area contributed by atoms with Gasteiger partial charge < -0.3 is 19.7 Å². The minimum absolute atomic E-state index is 0.0603. The van der Waals surface area contributed by atoms with E-state index in [1.807, 2.05) is 4.90 Å². The summed E-state index contributed by atoms with van der Waals surface area (Å²) in [6.45, 7) is 4.55. The maximum Gasteiger partial charge on any atom is 0.274 e. The van der Waals surface area contributed by atoms with Crippen molar-refractivity contribution in [3.8, 4) is 11.5 Å². The van der Waals surface area contributed by atoms with Crippen molar-refractivity contribution in [3.63, 3.8) is 0 Å². The monoisotopic (exact) mass is 378 g/mol. The molecule has 140 valence electrons. The van der Waals surface area contributed by atoms with Gasteiger partial charge in [-0.25, -0.2) is 0 Å². The molecule has 7 nitrogen and oxygen atoms in total. The minimum atomic E-state index is -0.0603. The van der Waals surface area contributed by atoms with Crippen LogP contribution in [0.1, 0.15) is 29.5 Å². The predicted octanol–water partition coefficient (Wildman–Crippen LogP) is 2.47. The van der Waals surface area contributed by atoms with Crippen LogP contribution in [0.15, 0.2) is 24.3 Å². The van der Waals surface area contributed by atoms with Gasteiger partial charge in [0, 0.05) is 31.7 Å². The van der Waals surface area contributed by atoms with Gasteiger partial charge in [0.05, 0.1) is 17.8 Å². The number of nitrogens with one attached hydrogen (secondary N) is 2. The average Bonchev–Trinajstić information content (AvgIpc) is 3.15. The highest BCUT2D eigenvalue weighted by Crippen LogP contribution is 2.29. The summed E-state index contributed by atoms with van der Waals surface area (Å²) < 4.78 is 10.8. The number of amides is 1. The molecule has 0 spiro atoms. The highest BCUT2D eigenvalue weighted by molar-refractivity contribution is 6.32. The van der Waals surface area contributed by atoms with Crippen LogP contribution in [0.5, 0.6) is 11.5 Å². The van der Waals surface area contributed by atoms with Gasteiger partial charge in [0.25, 0.3) is 5.91 Å². The molecule has 8 heteroatoms. The van der Waals surface area contributed by atoms with E-state index in [1.165, 1.54) is 0 Å². The lowest BCUT2D eigenvalue weighted by Crippen LogP contribution is -2.52. The highest BCUT2D eigenvalue weighted by Gasteiger charge is 2.24. The first-order chi connectivity index (χ1) is 12.6. The molecule has 1 fully saturated rings. The second-order valence-electron chi connectivity index (χ2n) is 6.17. The first-order valence-electron chi connectivity index (χ1n) is 8.64. The molecule has 0 saturated carbocycles. The van der Waals surface area contributed by atoms with Crippen LogP contribution in [0.4, 0.5) is 0 Å². The van der Waals surface area contributed by atoms with Crippen LogP contribution in [0.3, 0.4) is 0 Å². The molecule has 0 radical (unpaired) electrons. The number of methoxy groups -OCH3 is 1. The first kappa shape index (κ1) is 18.5. The van der Waals surface area contributed by atoms with Gasteiger partial charge in [-0.15, -0.1) is 0 Å². The van der Waals surface area contributed by atoms with Crippen LogP contribution in [0.25, 0.3) is 0 Å². The van der Waals surface area contributed by atoms with Gasteiger partial charge in [0.2, 0.25) is 0 Å². The van der Waals surface area contributed by atoms with Crippen LogP contribution in [0, 0.1) is 0 Å². The topological polar surface area (TPSA) is 79.5 Å². The van der Waals surface area contributed by atoms with Gasteiger partial charge in [-0.2, -0.15) is 5.10 Å². The number of aromatic nitrogens is 2. The molecule has 1 atom stereocenters. The van der Waals surface area contributed by atoms with Crippen LogP contribution in [0.2, 0.25) is 5.02 Å². The van der Waals surface area contributed by atoms with Gasteiger partial charge in [0.15, 0.2) is 5.69 Å². The molecule has 2 N–H and O–H groups in total. The van der Waals surface area contributed by atoms with Crippen LogP contribution in [-0.2, 0) is 6.61 Å². The van der Waals surface area contributed by atoms with Crippen molar-refractivity contribution in [3.05, 3.63) is 40.7 Å². The Morgan fingerprint density at radius 3 is 3.00 bits per heavy atom. The number of nitrogens with zero attached hydrogens (tertiary/aromatic N) is 2. The Hall–Kier alpha value is -2.25. The third-order valence-electron chi connectivity index (χ3n) is 4.41. The van der Waals surface area contributed by atoms with Gasteiger partial charge >= 0.3 is 0 Å². The maximum absolute atomic E-state index is 12.6. The van der Waals surface area contributed by atoms with E-state index in [9.17, 15) is 4.79 Å².